The Labute approximate surface area is 162 Å². The average molecular weight is 376 g/mol. The van der Waals surface area contributed by atoms with Gasteiger partial charge in [0.1, 0.15) is 17.9 Å². The lowest BCUT2D eigenvalue weighted by Crippen LogP contribution is -2.99. The van der Waals surface area contributed by atoms with Crippen molar-refractivity contribution in [2.45, 2.75) is 31.8 Å². The van der Waals surface area contributed by atoms with Crippen molar-refractivity contribution in [1.82, 2.24) is 5.32 Å². The molecule has 28 heavy (non-hydrogen) atoms. The fourth-order valence-electron chi connectivity index (χ4n) is 5.28. The van der Waals surface area contributed by atoms with E-state index < -0.39 is 17.4 Å². The minimum atomic E-state index is -1.09. The molecule has 4 N–H and O–H groups in total. The van der Waals surface area contributed by atoms with E-state index in [1.165, 1.54) is 0 Å². The Morgan fingerprint density at radius 3 is 2.46 bits per heavy atom. The minimum absolute atomic E-state index is 0.183. The Balaban J connectivity index is 1.65. The van der Waals surface area contributed by atoms with Gasteiger partial charge < -0.3 is 10.6 Å². The van der Waals surface area contributed by atoms with Gasteiger partial charge in [-0.3, -0.25) is 19.7 Å². The number of anilines is 1. The fourth-order valence-corrected chi connectivity index (χ4v) is 5.28. The van der Waals surface area contributed by atoms with Crippen LogP contribution in [-0.4, -0.2) is 23.8 Å². The summed E-state index contributed by atoms with van der Waals surface area (Å²) >= 11 is 0. The number of nitrogens with two attached hydrogens (primary N) is 1. The molecule has 2 aromatic carbocycles. The molecule has 0 aromatic heterocycles. The molecule has 0 saturated carbocycles. The van der Waals surface area contributed by atoms with Gasteiger partial charge in [-0.05, 0) is 36.6 Å². The third kappa shape index (κ3) is 2.09. The van der Waals surface area contributed by atoms with E-state index in [-0.39, 0.29) is 23.8 Å². The summed E-state index contributed by atoms with van der Waals surface area (Å²) in [6.07, 6.45) is 0.623. The molecule has 0 aliphatic carbocycles. The van der Waals surface area contributed by atoms with Gasteiger partial charge in [0.25, 0.3) is 5.91 Å². The summed E-state index contributed by atoms with van der Waals surface area (Å²) in [6.45, 7) is 3.97. The molecule has 2 fully saturated rings. The van der Waals surface area contributed by atoms with Gasteiger partial charge in [-0.25, -0.2) is 0 Å². The van der Waals surface area contributed by atoms with Gasteiger partial charge in [-0.1, -0.05) is 36.4 Å². The zero-order valence-electron chi connectivity index (χ0n) is 15.8. The average Bonchev–Trinajstić information content (AvgIpc) is 3.26. The largest absolute Gasteiger partial charge is 0.326 e. The summed E-state index contributed by atoms with van der Waals surface area (Å²) in [5.74, 6) is -2.04. The molecular formula is C22H22N3O3+. The van der Waals surface area contributed by atoms with Crippen LogP contribution >= 0.6 is 0 Å². The normalized spacial score (nSPS) is 30.4. The number of quaternary nitrogens is 1. The van der Waals surface area contributed by atoms with Gasteiger partial charge in [-0.15, -0.1) is 0 Å². The standard InChI is InChI=1S/C22H21N3O3/c1-11-8-9-14-18(12(11)2)23-21(28)22(14)17-16(19(26)24-20(17)27)15(25-22)10-13-6-4-3-5-7-13/h3-9,15-17,25H,10H2,1-2H3,(H,23,28)(H,24,26,27)/p+1/t15-,16+,17-,22+/m0/s1. The SMILES string of the molecule is Cc1ccc2c(c1C)NC(=O)[C@@]21[NH2+][C@@H](Cc2ccccc2)[C@H]2C(=O)NC(=O)[C@H]21. The van der Waals surface area contributed by atoms with Gasteiger partial charge in [0.2, 0.25) is 17.4 Å². The number of hydrogen-bond donors (Lipinski definition) is 3. The maximum atomic E-state index is 13.3. The highest BCUT2D eigenvalue weighted by Crippen LogP contribution is 2.48. The van der Waals surface area contributed by atoms with Crippen molar-refractivity contribution in [3.05, 3.63) is 64.7 Å². The molecule has 0 radical (unpaired) electrons. The highest BCUT2D eigenvalue weighted by atomic mass is 16.2. The van der Waals surface area contributed by atoms with Gasteiger partial charge >= 0.3 is 0 Å². The van der Waals surface area contributed by atoms with E-state index in [2.05, 4.69) is 10.6 Å². The summed E-state index contributed by atoms with van der Waals surface area (Å²) in [5, 5.41) is 7.47. The van der Waals surface area contributed by atoms with Crippen LogP contribution in [0.25, 0.3) is 0 Å². The summed E-state index contributed by atoms with van der Waals surface area (Å²) < 4.78 is 0. The van der Waals surface area contributed by atoms with Crippen LogP contribution in [0.5, 0.6) is 0 Å². The number of rotatable bonds is 2. The number of imide groups is 1. The first kappa shape index (κ1) is 17.1. The number of nitrogens with one attached hydrogen (secondary N) is 2. The van der Waals surface area contributed by atoms with E-state index in [4.69, 9.17) is 0 Å². The molecular weight excluding hydrogens is 354 g/mol. The number of carbonyl (C=O) groups is 3. The van der Waals surface area contributed by atoms with E-state index in [0.29, 0.717) is 6.42 Å². The lowest BCUT2D eigenvalue weighted by atomic mass is 9.76. The second-order valence-corrected chi connectivity index (χ2v) is 8.13. The number of carbonyl (C=O) groups excluding carboxylic acids is 3. The maximum absolute atomic E-state index is 13.3. The molecule has 3 heterocycles. The van der Waals surface area contributed by atoms with E-state index in [1.807, 2.05) is 61.6 Å². The van der Waals surface area contributed by atoms with Crippen molar-refractivity contribution in [3.63, 3.8) is 0 Å². The molecule has 142 valence electrons. The molecule has 5 rings (SSSR count). The number of fused-ring (bicyclic) bond motifs is 4. The molecule has 0 unspecified atom stereocenters. The van der Waals surface area contributed by atoms with Crippen molar-refractivity contribution in [3.8, 4) is 0 Å². The molecule has 4 atom stereocenters. The Bertz CT molecular complexity index is 1030. The third-order valence-electron chi connectivity index (χ3n) is 6.73. The van der Waals surface area contributed by atoms with Crippen molar-refractivity contribution in [1.29, 1.82) is 0 Å². The predicted molar refractivity (Wildman–Crippen MR) is 102 cm³/mol. The van der Waals surface area contributed by atoms with E-state index in [1.54, 1.807) is 0 Å². The quantitative estimate of drug-likeness (QED) is 0.668. The van der Waals surface area contributed by atoms with Crippen LogP contribution in [0.4, 0.5) is 5.69 Å². The van der Waals surface area contributed by atoms with Gasteiger partial charge in [0.05, 0.1) is 5.69 Å². The monoisotopic (exact) mass is 376 g/mol. The lowest BCUT2D eigenvalue weighted by molar-refractivity contribution is -0.733. The molecule has 2 aromatic rings. The third-order valence-corrected chi connectivity index (χ3v) is 6.73. The van der Waals surface area contributed by atoms with Crippen molar-refractivity contribution in [2.24, 2.45) is 11.8 Å². The molecule has 2 saturated heterocycles. The second-order valence-electron chi connectivity index (χ2n) is 8.13. The molecule has 6 nitrogen and oxygen atoms in total. The van der Waals surface area contributed by atoms with Crippen LogP contribution in [0, 0.1) is 25.7 Å². The highest BCUT2D eigenvalue weighted by Gasteiger charge is 2.72. The Morgan fingerprint density at radius 2 is 1.71 bits per heavy atom. The van der Waals surface area contributed by atoms with Crippen LogP contribution < -0.4 is 16.0 Å². The van der Waals surface area contributed by atoms with Gasteiger partial charge in [0.15, 0.2) is 0 Å². The lowest BCUT2D eigenvalue weighted by Gasteiger charge is -2.24. The van der Waals surface area contributed by atoms with Crippen LogP contribution in [0.1, 0.15) is 22.3 Å². The van der Waals surface area contributed by atoms with Crippen LogP contribution in [0.3, 0.4) is 0 Å². The van der Waals surface area contributed by atoms with Crippen molar-refractivity contribution < 1.29 is 19.7 Å². The molecule has 1 spiro atoms. The first-order chi connectivity index (χ1) is 13.4. The van der Waals surface area contributed by atoms with Gasteiger partial charge in [-0.2, -0.15) is 0 Å². The number of amides is 3. The Morgan fingerprint density at radius 1 is 0.964 bits per heavy atom. The molecule has 0 bridgehead atoms. The maximum Gasteiger partial charge on any atom is 0.291 e. The van der Waals surface area contributed by atoms with Crippen LogP contribution in [0.2, 0.25) is 0 Å². The smallest absolute Gasteiger partial charge is 0.291 e. The van der Waals surface area contributed by atoms with Gasteiger partial charge in [0, 0.05) is 12.0 Å². The molecule has 3 aliphatic rings. The summed E-state index contributed by atoms with van der Waals surface area (Å²) in [7, 11) is 0. The van der Waals surface area contributed by atoms with E-state index >= 15 is 0 Å². The first-order valence-corrected chi connectivity index (χ1v) is 9.60. The van der Waals surface area contributed by atoms with Crippen molar-refractivity contribution in [2.75, 3.05) is 5.32 Å². The summed E-state index contributed by atoms with van der Waals surface area (Å²) in [6, 6.07) is 13.6. The minimum Gasteiger partial charge on any atom is -0.326 e. The predicted octanol–water partition coefficient (Wildman–Crippen LogP) is 0.528. The topological polar surface area (TPSA) is 91.9 Å². The van der Waals surface area contributed by atoms with E-state index in [0.717, 1.165) is 27.9 Å². The number of aryl methyl sites for hydroxylation is 1. The van der Waals surface area contributed by atoms with Crippen LogP contribution in [-0.2, 0) is 26.3 Å². The van der Waals surface area contributed by atoms with E-state index in [9.17, 15) is 14.4 Å². The zero-order chi connectivity index (χ0) is 19.6. The second kappa shape index (κ2) is 5.75. The van der Waals surface area contributed by atoms with Crippen molar-refractivity contribution >= 4 is 23.4 Å². The van der Waals surface area contributed by atoms with Crippen LogP contribution in [0.15, 0.2) is 42.5 Å². The highest BCUT2D eigenvalue weighted by molar-refractivity contribution is 6.14. The summed E-state index contributed by atoms with van der Waals surface area (Å²) in [4.78, 5) is 38.7. The molecule has 3 amide bonds. The number of benzene rings is 2. The molecule has 6 heteroatoms. The Hall–Kier alpha value is -2.99. The fraction of sp³-hybridized carbons (Fsp3) is 0.318. The Kier molecular flexibility index (Phi) is 3.52. The summed E-state index contributed by atoms with van der Waals surface area (Å²) in [5.41, 5.74) is 3.69. The molecule has 3 aliphatic heterocycles. The first-order valence-electron chi connectivity index (χ1n) is 9.60. The number of hydrogen-bond acceptors (Lipinski definition) is 3. The zero-order valence-corrected chi connectivity index (χ0v) is 15.8.